The van der Waals surface area contributed by atoms with Gasteiger partial charge in [0.15, 0.2) is 5.96 Å². The largest absolute Gasteiger partial charge is 0.497 e. The van der Waals surface area contributed by atoms with Crippen LogP contribution in [0.1, 0.15) is 23.7 Å². The van der Waals surface area contributed by atoms with Crippen LogP contribution in [0.4, 0.5) is 0 Å². The molecular formula is C18H27N5O2. The van der Waals surface area contributed by atoms with Crippen molar-refractivity contribution in [2.24, 2.45) is 17.8 Å². The molecule has 0 amide bonds. The molecule has 0 radical (unpaired) electrons. The molecule has 2 aromatic rings. The van der Waals surface area contributed by atoms with Crippen molar-refractivity contribution in [2.75, 3.05) is 20.8 Å². The maximum Gasteiger partial charge on any atom is 0.216 e. The van der Waals surface area contributed by atoms with Crippen LogP contribution in [-0.2, 0) is 26.4 Å². The predicted octanol–water partition coefficient (Wildman–Crippen LogP) is 1.65. The zero-order valence-corrected chi connectivity index (χ0v) is 15.4. The fourth-order valence-corrected chi connectivity index (χ4v) is 2.65. The minimum Gasteiger partial charge on any atom is -0.497 e. The van der Waals surface area contributed by atoms with E-state index in [1.54, 1.807) is 18.9 Å². The predicted molar refractivity (Wildman–Crippen MR) is 99.2 cm³/mol. The van der Waals surface area contributed by atoms with Crippen molar-refractivity contribution in [3.8, 4) is 11.6 Å². The molecule has 1 aromatic carbocycles. The molecule has 7 nitrogen and oxygen atoms in total. The highest BCUT2D eigenvalue weighted by molar-refractivity contribution is 5.77. The van der Waals surface area contributed by atoms with E-state index in [2.05, 4.69) is 22.3 Å². The number of benzene rings is 1. The summed E-state index contributed by atoms with van der Waals surface area (Å²) in [6, 6.07) is 7.99. The molecule has 0 bridgehead atoms. The number of rotatable bonds is 8. The van der Waals surface area contributed by atoms with Crippen molar-refractivity contribution in [3.63, 3.8) is 0 Å². The average Bonchev–Trinajstić information content (AvgIpc) is 2.95. The summed E-state index contributed by atoms with van der Waals surface area (Å²) < 4.78 is 12.3. The molecule has 0 unspecified atom stereocenters. The molecule has 0 saturated heterocycles. The van der Waals surface area contributed by atoms with Gasteiger partial charge >= 0.3 is 0 Å². The van der Waals surface area contributed by atoms with Gasteiger partial charge in [0.25, 0.3) is 0 Å². The zero-order chi connectivity index (χ0) is 18.2. The Balaban J connectivity index is 1.89. The first-order valence-electron chi connectivity index (χ1n) is 8.34. The average molecular weight is 345 g/mol. The molecule has 2 rings (SSSR count). The molecule has 1 heterocycles. The lowest BCUT2D eigenvalue weighted by Gasteiger charge is -2.07. The number of methoxy groups -OCH3 is 2. The third-order valence-electron chi connectivity index (χ3n) is 3.99. The van der Waals surface area contributed by atoms with Crippen LogP contribution in [0.5, 0.6) is 11.6 Å². The van der Waals surface area contributed by atoms with Crippen LogP contribution in [0, 0.1) is 0 Å². The van der Waals surface area contributed by atoms with Crippen LogP contribution in [-0.4, -0.2) is 36.5 Å². The number of ether oxygens (including phenoxy) is 2. The molecule has 0 saturated carbocycles. The van der Waals surface area contributed by atoms with Crippen LogP contribution < -0.4 is 20.5 Å². The molecule has 0 aliphatic rings. The molecule has 0 atom stereocenters. The Morgan fingerprint density at radius 3 is 2.56 bits per heavy atom. The lowest BCUT2D eigenvalue weighted by atomic mass is 10.1. The van der Waals surface area contributed by atoms with Crippen molar-refractivity contribution in [2.45, 2.75) is 26.3 Å². The monoisotopic (exact) mass is 345 g/mol. The number of nitrogens with one attached hydrogen (secondary N) is 1. The highest BCUT2D eigenvalue weighted by Crippen LogP contribution is 2.22. The smallest absolute Gasteiger partial charge is 0.216 e. The van der Waals surface area contributed by atoms with Gasteiger partial charge in [-0.1, -0.05) is 19.1 Å². The van der Waals surface area contributed by atoms with Gasteiger partial charge in [-0.25, -0.2) is 9.67 Å². The SMILES string of the molecule is CCc1nn(C)c(OC)c1CN=C(N)NCCc1ccc(OC)cc1. The second-order valence-electron chi connectivity index (χ2n) is 5.64. The van der Waals surface area contributed by atoms with Gasteiger partial charge in [0, 0.05) is 13.6 Å². The summed E-state index contributed by atoms with van der Waals surface area (Å²) in [5, 5.41) is 7.58. The van der Waals surface area contributed by atoms with E-state index in [4.69, 9.17) is 15.2 Å². The summed E-state index contributed by atoms with van der Waals surface area (Å²) in [5.41, 5.74) is 9.14. The van der Waals surface area contributed by atoms with Gasteiger partial charge in [-0.05, 0) is 30.5 Å². The van der Waals surface area contributed by atoms with Crippen molar-refractivity contribution in [1.29, 1.82) is 0 Å². The first-order chi connectivity index (χ1) is 12.1. The minimum atomic E-state index is 0.418. The fraction of sp³-hybridized carbons (Fsp3) is 0.444. The normalized spacial score (nSPS) is 11.4. The lowest BCUT2D eigenvalue weighted by molar-refractivity contribution is 0.369. The fourth-order valence-electron chi connectivity index (χ4n) is 2.65. The summed E-state index contributed by atoms with van der Waals surface area (Å²) >= 11 is 0. The summed E-state index contributed by atoms with van der Waals surface area (Å²) in [4.78, 5) is 4.41. The quantitative estimate of drug-likeness (QED) is 0.561. The molecule has 0 aliphatic carbocycles. The van der Waals surface area contributed by atoms with E-state index in [1.807, 2.05) is 31.3 Å². The van der Waals surface area contributed by atoms with Crippen LogP contribution in [0.2, 0.25) is 0 Å². The number of hydrogen-bond donors (Lipinski definition) is 2. The van der Waals surface area contributed by atoms with E-state index in [-0.39, 0.29) is 0 Å². The van der Waals surface area contributed by atoms with Gasteiger partial charge in [-0.3, -0.25) is 0 Å². The molecule has 3 N–H and O–H groups in total. The van der Waals surface area contributed by atoms with E-state index in [0.29, 0.717) is 19.0 Å². The van der Waals surface area contributed by atoms with Crippen molar-refractivity contribution < 1.29 is 9.47 Å². The minimum absolute atomic E-state index is 0.418. The van der Waals surface area contributed by atoms with Gasteiger partial charge in [-0.15, -0.1) is 0 Å². The summed E-state index contributed by atoms with van der Waals surface area (Å²) in [5.74, 6) is 2.00. The highest BCUT2D eigenvalue weighted by atomic mass is 16.5. The number of aliphatic imine (C=N–C) groups is 1. The Kier molecular flexibility index (Phi) is 6.68. The number of nitrogens with zero attached hydrogens (tertiary/aromatic N) is 3. The molecule has 0 spiro atoms. The molecule has 25 heavy (non-hydrogen) atoms. The van der Waals surface area contributed by atoms with Crippen LogP contribution >= 0.6 is 0 Å². The maximum absolute atomic E-state index is 5.97. The van der Waals surface area contributed by atoms with Crippen molar-refractivity contribution in [1.82, 2.24) is 15.1 Å². The number of hydrogen-bond acceptors (Lipinski definition) is 4. The lowest BCUT2D eigenvalue weighted by Crippen LogP contribution is -2.33. The third-order valence-corrected chi connectivity index (χ3v) is 3.99. The third kappa shape index (κ3) is 4.89. The van der Waals surface area contributed by atoms with Gasteiger partial charge < -0.3 is 20.5 Å². The highest BCUT2D eigenvalue weighted by Gasteiger charge is 2.15. The number of nitrogens with two attached hydrogens (primary N) is 1. The Morgan fingerprint density at radius 2 is 1.96 bits per heavy atom. The first-order valence-corrected chi connectivity index (χ1v) is 8.34. The Labute approximate surface area is 148 Å². The van der Waals surface area contributed by atoms with E-state index in [1.165, 1.54) is 5.56 Å². The van der Waals surface area contributed by atoms with E-state index < -0.39 is 0 Å². The maximum atomic E-state index is 5.97. The number of guanidine groups is 1. The van der Waals surface area contributed by atoms with E-state index >= 15 is 0 Å². The van der Waals surface area contributed by atoms with Gasteiger partial charge in [0.1, 0.15) is 5.75 Å². The van der Waals surface area contributed by atoms with E-state index in [9.17, 15) is 0 Å². The zero-order valence-electron chi connectivity index (χ0n) is 15.4. The van der Waals surface area contributed by atoms with Crippen LogP contribution in [0.3, 0.4) is 0 Å². The second-order valence-corrected chi connectivity index (χ2v) is 5.64. The Hall–Kier alpha value is -2.70. The molecule has 1 aromatic heterocycles. The molecular weight excluding hydrogens is 318 g/mol. The number of aryl methyl sites for hydroxylation is 2. The first kappa shape index (κ1) is 18.6. The number of aromatic nitrogens is 2. The van der Waals surface area contributed by atoms with Gasteiger partial charge in [0.05, 0.1) is 32.0 Å². The summed E-state index contributed by atoms with van der Waals surface area (Å²) in [6.07, 6.45) is 1.68. The summed E-state index contributed by atoms with van der Waals surface area (Å²) in [7, 11) is 5.16. The van der Waals surface area contributed by atoms with Crippen molar-refractivity contribution >= 4 is 5.96 Å². The van der Waals surface area contributed by atoms with Gasteiger partial charge in [-0.2, -0.15) is 5.10 Å². The van der Waals surface area contributed by atoms with Crippen molar-refractivity contribution in [3.05, 3.63) is 41.1 Å². The van der Waals surface area contributed by atoms with E-state index in [0.717, 1.165) is 35.7 Å². The van der Waals surface area contributed by atoms with Crippen LogP contribution in [0.15, 0.2) is 29.3 Å². The molecule has 0 fully saturated rings. The van der Waals surface area contributed by atoms with Gasteiger partial charge in [0.2, 0.25) is 5.88 Å². The molecule has 7 heteroatoms. The Bertz CT molecular complexity index is 707. The molecule has 136 valence electrons. The van der Waals surface area contributed by atoms with Crippen LogP contribution in [0.25, 0.3) is 0 Å². The second kappa shape index (κ2) is 8.96. The topological polar surface area (TPSA) is 86.7 Å². The Morgan fingerprint density at radius 1 is 1.24 bits per heavy atom. The summed E-state index contributed by atoms with van der Waals surface area (Å²) in [6.45, 7) is 3.22. The standard InChI is InChI=1S/C18H27N5O2/c1-5-16-15(17(25-4)23(2)22-16)12-21-18(19)20-11-10-13-6-8-14(24-3)9-7-13/h6-9H,5,10-12H2,1-4H3,(H3,19,20,21). The molecule has 0 aliphatic heterocycles.